The van der Waals surface area contributed by atoms with E-state index < -0.39 is 24.1 Å². The monoisotopic (exact) mass is 484 g/mol. The first-order valence-corrected chi connectivity index (χ1v) is 11.5. The molecule has 0 saturated heterocycles. The number of rotatable bonds is 14. The first-order valence-electron chi connectivity index (χ1n) is 11.5. The molecule has 3 amide bonds. The molecule has 2 atom stereocenters. The number of benzene rings is 1. The molecule has 0 heterocycles. The minimum Gasteiger partial charge on any atom is -0.445 e. The number of unbranched alkanes of at least 4 members (excludes halogenated alkanes) is 1. The van der Waals surface area contributed by atoms with Crippen molar-refractivity contribution in [1.29, 1.82) is 0 Å². The summed E-state index contributed by atoms with van der Waals surface area (Å²) in [6, 6.07) is 7.86. The first-order chi connectivity index (χ1) is 15.2. The molecule has 0 saturated carbocycles. The summed E-state index contributed by atoms with van der Waals surface area (Å²) in [6.07, 6.45) is 1.88. The number of ether oxygens (including phenoxy) is 1. The van der Waals surface area contributed by atoms with Crippen molar-refractivity contribution in [3.05, 3.63) is 35.9 Å². The Kier molecular flexibility index (Phi) is 16.0. The summed E-state index contributed by atoms with van der Waals surface area (Å²) in [5.41, 5.74) is 6.35. The topological polar surface area (TPSA) is 123 Å². The number of carbonyl (C=O) groups excluding carboxylic acids is 3. The van der Waals surface area contributed by atoms with Crippen molar-refractivity contribution >= 4 is 30.3 Å². The van der Waals surface area contributed by atoms with Crippen LogP contribution >= 0.6 is 12.4 Å². The largest absolute Gasteiger partial charge is 0.445 e. The minimum absolute atomic E-state index is 0. The van der Waals surface area contributed by atoms with E-state index in [1.807, 2.05) is 58.0 Å². The first kappa shape index (κ1) is 30.7. The third kappa shape index (κ3) is 13.7. The van der Waals surface area contributed by atoms with E-state index in [1.165, 1.54) is 0 Å². The lowest BCUT2D eigenvalue weighted by atomic mass is 10.00. The number of halogens is 1. The van der Waals surface area contributed by atoms with Crippen molar-refractivity contribution in [3.8, 4) is 0 Å². The van der Waals surface area contributed by atoms with Crippen molar-refractivity contribution < 1.29 is 19.1 Å². The van der Waals surface area contributed by atoms with Crippen LogP contribution in [0.5, 0.6) is 0 Å². The number of nitrogens with two attached hydrogens (primary N) is 1. The fourth-order valence-electron chi connectivity index (χ4n) is 3.19. The predicted octanol–water partition coefficient (Wildman–Crippen LogP) is 3.14. The zero-order valence-electron chi connectivity index (χ0n) is 20.3. The van der Waals surface area contributed by atoms with Gasteiger partial charge in [-0.2, -0.15) is 0 Å². The van der Waals surface area contributed by atoms with Gasteiger partial charge in [0.15, 0.2) is 0 Å². The van der Waals surface area contributed by atoms with Crippen LogP contribution in [0.15, 0.2) is 30.3 Å². The number of nitrogens with one attached hydrogen (secondary N) is 3. The average Bonchev–Trinajstić information content (AvgIpc) is 2.74. The Morgan fingerprint density at radius 2 is 1.45 bits per heavy atom. The molecule has 33 heavy (non-hydrogen) atoms. The van der Waals surface area contributed by atoms with E-state index in [0.29, 0.717) is 25.9 Å². The highest BCUT2D eigenvalue weighted by Crippen LogP contribution is 2.10. The molecule has 0 aliphatic heterocycles. The lowest BCUT2D eigenvalue weighted by molar-refractivity contribution is -0.130. The number of carbonyl (C=O) groups is 3. The molecule has 0 radical (unpaired) electrons. The maximum Gasteiger partial charge on any atom is 0.408 e. The van der Waals surface area contributed by atoms with Gasteiger partial charge in [0.05, 0.1) is 0 Å². The summed E-state index contributed by atoms with van der Waals surface area (Å²) in [7, 11) is 0. The molecule has 188 valence electrons. The van der Waals surface area contributed by atoms with Crippen LogP contribution in [0.1, 0.15) is 58.9 Å². The Bertz CT molecular complexity index is 701. The highest BCUT2D eigenvalue weighted by atomic mass is 35.5. The molecule has 0 spiro atoms. The second-order valence-electron chi connectivity index (χ2n) is 8.87. The fourth-order valence-corrected chi connectivity index (χ4v) is 3.19. The Morgan fingerprint density at radius 3 is 2.00 bits per heavy atom. The molecule has 5 N–H and O–H groups in total. The van der Waals surface area contributed by atoms with E-state index >= 15 is 0 Å². The maximum absolute atomic E-state index is 13.0. The second-order valence-corrected chi connectivity index (χ2v) is 8.87. The van der Waals surface area contributed by atoms with E-state index in [2.05, 4.69) is 16.0 Å². The van der Waals surface area contributed by atoms with E-state index in [1.54, 1.807) is 0 Å². The third-order valence-corrected chi connectivity index (χ3v) is 4.80. The van der Waals surface area contributed by atoms with Gasteiger partial charge in [-0.05, 0) is 49.6 Å². The molecule has 9 heteroatoms. The number of alkyl carbamates (subject to hydrolysis) is 1. The van der Waals surface area contributed by atoms with E-state index in [-0.39, 0.29) is 36.8 Å². The summed E-state index contributed by atoms with van der Waals surface area (Å²) in [5.74, 6) is -0.242. The van der Waals surface area contributed by atoms with E-state index in [9.17, 15) is 14.4 Å². The van der Waals surface area contributed by atoms with Crippen molar-refractivity contribution in [3.63, 3.8) is 0 Å². The van der Waals surface area contributed by atoms with Crippen LogP contribution in [0.4, 0.5) is 4.79 Å². The fraction of sp³-hybridized carbons (Fsp3) is 0.625. The van der Waals surface area contributed by atoms with Gasteiger partial charge in [0.2, 0.25) is 11.8 Å². The Morgan fingerprint density at radius 1 is 0.879 bits per heavy atom. The highest BCUT2D eigenvalue weighted by Gasteiger charge is 2.28. The SMILES string of the molecule is CC(C)C[C@H](NC(=O)[C@@H](CC(C)C)NC(=O)OCc1ccccc1)C(=O)NCCCCN.Cl. The lowest BCUT2D eigenvalue weighted by Crippen LogP contribution is -2.54. The second kappa shape index (κ2) is 17.2. The van der Waals surface area contributed by atoms with Crippen LogP contribution < -0.4 is 21.7 Å². The normalized spacial score (nSPS) is 12.5. The molecular formula is C24H41ClN4O4. The summed E-state index contributed by atoms with van der Waals surface area (Å²) < 4.78 is 5.26. The standard InChI is InChI=1S/C24H40N4O4.ClH/c1-17(2)14-20(22(29)26-13-9-8-12-25)27-23(30)21(15-18(3)4)28-24(31)32-16-19-10-6-5-7-11-19;/h5-7,10-11,17-18,20-21H,8-9,12-16,25H2,1-4H3,(H,26,29)(H,27,30)(H,28,31);1H/t20-,21+;/m0./s1. The number of hydrogen-bond donors (Lipinski definition) is 4. The van der Waals surface area contributed by atoms with Gasteiger partial charge < -0.3 is 26.4 Å². The molecule has 0 aromatic heterocycles. The highest BCUT2D eigenvalue weighted by molar-refractivity contribution is 5.91. The minimum atomic E-state index is -0.794. The van der Waals surface area contributed by atoms with E-state index in [0.717, 1.165) is 18.4 Å². The van der Waals surface area contributed by atoms with Crippen LogP contribution in [-0.4, -0.2) is 43.1 Å². The molecule has 8 nitrogen and oxygen atoms in total. The average molecular weight is 485 g/mol. The molecule has 1 aromatic carbocycles. The Hall–Kier alpha value is -2.32. The lowest BCUT2D eigenvalue weighted by Gasteiger charge is -2.25. The zero-order chi connectivity index (χ0) is 23.9. The summed E-state index contributed by atoms with van der Waals surface area (Å²) in [6.45, 7) is 9.12. The van der Waals surface area contributed by atoms with Crippen molar-refractivity contribution in [2.45, 2.75) is 72.1 Å². The van der Waals surface area contributed by atoms with Gasteiger partial charge in [-0.25, -0.2) is 4.79 Å². The van der Waals surface area contributed by atoms with Crippen LogP contribution in [0, 0.1) is 11.8 Å². The van der Waals surface area contributed by atoms with Gasteiger partial charge in [-0.3, -0.25) is 9.59 Å². The summed E-state index contributed by atoms with van der Waals surface area (Å²) in [4.78, 5) is 37.9. The van der Waals surface area contributed by atoms with Gasteiger partial charge in [-0.1, -0.05) is 58.0 Å². The van der Waals surface area contributed by atoms with Crippen LogP contribution in [0.25, 0.3) is 0 Å². The molecule has 1 rings (SSSR count). The van der Waals surface area contributed by atoms with Gasteiger partial charge in [-0.15, -0.1) is 12.4 Å². The Balaban J connectivity index is 0.0000102. The van der Waals surface area contributed by atoms with E-state index in [4.69, 9.17) is 10.5 Å². The van der Waals surface area contributed by atoms with Crippen molar-refractivity contribution in [2.24, 2.45) is 17.6 Å². The molecule has 0 bridgehead atoms. The van der Waals surface area contributed by atoms with Gasteiger partial charge in [0.25, 0.3) is 0 Å². The molecule has 0 aliphatic rings. The molecule has 0 unspecified atom stereocenters. The number of amides is 3. The van der Waals surface area contributed by atoms with Crippen molar-refractivity contribution in [1.82, 2.24) is 16.0 Å². The Labute approximate surface area is 204 Å². The molecule has 0 fully saturated rings. The quantitative estimate of drug-likeness (QED) is 0.302. The summed E-state index contributed by atoms with van der Waals surface area (Å²) >= 11 is 0. The van der Waals surface area contributed by atoms with Crippen molar-refractivity contribution in [2.75, 3.05) is 13.1 Å². The third-order valence-electron chi connectivity index (χ3n) is 4.80. The predicted molar refractivity (Wildman–Crippen MR) is 133 cm³/mol. The maximum atomic E-state index is 13.0. The molecule has 0 aliphatic carbocycles. The summed E-state index contributed by atoms with van der Waals surface area (Å²) in [5, 5.41) is 8.35. The van der Waals surface area contributed by atoms with Gasteiger partial charge >= 0.3 is 6.09 Å². The van der Waals surface area contributed by atoms with Crippen LogP contribution in [0.2, 0.25) is 0 Å². The van der Waals surface area contributed by atoms with Crippen LogP contribution in [0.3, 0.4) is 0 Å². The zero-order valence-corrected chi connectivity index (χ0v) is 21.1. The molecular weight excluding hydrogens is 444 g/mol. The van der Waals surface area contributed by atoms with Gasteiger partial charge in [0, 0.05) is 6.54 Å². The van der Waals surface area contributed by atoms with Gasteiger partial charge in [0.1, 0.15) is 18.7 Å². The van der Waals surface area contributed by atoms with Crippen LogP contribution in [-0.2, 0) is 20.9 Å². The smallest absolute Gasteiger partial charge is 0.408 e. The molecule has 1 aromatic rings. The number of hydrogen-bond acceptors (Lipinski definition) is 5.